The lowest BCUT2D eigenvalue weighted by Crippen LogP contribution is -2.44. The number of nitrogens with zero attached hydrogens (tertiary/aromatic N) is 3. The summed E-state index contributed by atoms with van der Waals surface area (Å²) in [7, 11) is 1.66. The molecule has 1 aromatic heterocycles. The molecule has 0 spiro atoms. The summed E-state index contributed by atoms with van der Waals surface area (Å²) in [5.41, 5.74) is 0.414. The fraction of sp³-hybridized carbons (Fsp3) is 0.600. The number of carbonyl (C=O) groups is 3. The number of imide groups is 1. The van der Waals surface area contributed by atoms with Crippen molar-refractivity contribution in [3.8, 4) is 5.75 Å². The van der Waals surface area contributed by atoms with Gasteiger partial charge in [0.05, 0.1) is 12.1 Å². The van der Waals surface area contributed by atoms with Crippen molar-refractivity contribution in [3.05, 3.63) is 28.7 Å². The number of benzene rings is 1. The Bertz CT molecular complexity index is 1180. The first-order chi connectivity index (χ1) is 16.5. The minimum atomic E-state index is -0.727. The van der Waals surface area contributed by atoms with Crippen molar-refractivity contribution in [2.45, 2.75) is 64.5 Å². The van der Waals surface area contributed by atoms with E-state index in [1.54, 1.807) is 24.1 Å². The second-order valence-electron chi connectivity index (χ2n) is 10.4. The van der Waals surface area contributed by atoms with Gasteiger partial charge in [-0.25, -0.2) is 9.59 Å². The summed E-state index contributed by atoms with van der Waals surface area (Å²) in [4.78, 5) is 51.0. The van der Waals surface area contributed by atoms with Crippen molar-refractivity contribution < 1.29 is 23.9 Å². The highest BCUT2D eigenvalue weighted by Gasteiger charge is 2.32. The lowest BCUT2D eigenvalue weighted by Gasteiger charge is -2.33. The molecule has 1 aromatic carbocycles. The van der Waals surface area contributed by atoms with Crippen LogP contribution in [0.25, 0.3) is 11.0 Å². The van der Waals surface area contributed by atoms with E-state index in [0.29, 0.717) is 42.4 Å². The van der Waals surface area contributed by atoms with E-state index in [1.807, 2.05) is 26.8 Å². The number of amides is 3. The zero-order valence-corrected chi connectivity index (χ0v) is 20.8. The maximum Gasteiger partial charge on any atom is 0.410 e. The number of piperidine rings is 2. The molecular weight excluding hydrogens is 452 g/mol. The van der Waals surface area contributed by atoms with E-state index in [1.165, 1.54) is 9.13 Å². The summed E-state index contributed by atoms with van der Waals surface area (Å²) in [5, 5.41) is 2.32. The second kappa shape index (κ2) is 9.75. The standard InChI is InChI=1S/C25H34N4O6/c1-25(2,3)35-24(33)28-13-10-16(11-14-28)12-15-34-19-7-5-6-17-21(19)27(4)23(32)29(17)18-8-9-20(30)26-22(18)31/h5-7,16,18H,8-15H2,1-4H3,(H,26,30,31). The number of nitrogens with one attached hydrogen (secondary N) is 1. The summed E-state index contributed by atoms with van der Waals surface area (Å²) in [6.45, 7) is 7.41. The summed E-state index contributed by atoms with van der Waals surface area (Å²) < 4.78 is 14.5. The van der Waals surface area contributed by atoms with Crippen molar-refractivity contribution in [1.29, 1.82) is 0 Å². The minimum Gasteiger partial charge on any atom is -0.491 e. The third kappa shape index (κ3) is 5.36. The maximum atomic E-state index is 13.0. The summed E-state index contributed by atoms with van der Waals surface area (Å²) in [6.07, 6.45) is 2.83. The van der Waals surface area contributed by atoms with Crippen LogP contribution in [-0.2, 0) is 21.4 Å². The van der Waals surface area contributed by atoms with Crippen LogP contribution < -0.4 is 15.7 Å². The Kier molecular flexibility index (Phi) is 6.91. The Hall–Kier alpha value is -3.30. The quantitative estimate of drug-likeness (QED) is 0.651. The predicted octanol–water partition coefficient (Wildman–Crippen LogP) is 2.73. The molecule has 2 saturated heterocycles. The number of likely N-dealkylation sites (tertiary alicyclic amines) is 1. The molecule has 0 radical (unpaired) electrons. The SMILES string of the molecule is Cn1c(=O)n(C2CCC(=O)NC2=O)c2cccc(OCCC3CCN(C(=O)OC(C)(C)C)CC3)c21. The number of hydrogen-bond acceptors (Lipinski definition) is 6. The average Bonchev–Trinajstić information content (AvgIpc) is 3.04. The number of carbonyl (C=O) groups excluding carboxylic acids is 3. The van der Waals surface area contributed by atoms with Gasteiger partial charge in [-0.2, -0.15) is 0 Å². The monoisotopic (exact) mass is 486 g/mol. The zero-order valence-electron chi connectivity index (χ0n) is 20.8. The second-order valence-corrected chi connectivity index (χ2v) is 10.4. The van der Waals surface area contributed by atoms with Crippen LogP contribution in [0.5, 0.6) is 5.75 Å². The molecule has 1 atom stereocenters. The van der Waals surface area contributed by atoms with E-state index in [2.05, 4.69) is 5.32 Å². The maximum absolute atomic E-state index is 13.0. The Labute approximate surface area is 204 Å². The van der Waals surface area contributed by atoms with E-state index in [0.717, 1.165) is 19.3 Å². The average molecular weight is 487 g/mol. The number of ether oxygens (including phenoxy) is 2. The third-order valence-corrected chi connectivity index (χ3v) is 6.64. The molecule has 190 valence electrons. The lowest BCUT2D eigenvalue weighted by atomic mass is 9.94. The molecule has 10 nitrogen and oxygen atoms in total. The van der Waals surface area contributed by atoms with Crippen molar-refractivity contribution >= 4 is 28.9 Å². The molecule has 2 aliphatic rings. The lowest BCUT2D eigenvalue weighted by molar-refractivity contribution is -0.135. The van der Waals surface area contributed by atoms with E-state index < -0.39 is 17.6 Å². The van der Waals surface area contributed by atoms with Gasteiger partial charge in [-0.05, 0) is 64.5 Å². The van der Waals surface area contributed by atoms with Gasteiger partial charge in [0.1, 0.15) is 22.9 Å². The van der Waals surface area contributed by atoms with Gasteiger partial charge in [0.25, 0.3) is 0 Å². The third-order valence-electron chi connectivity index (χ3n) is 6.64. The molecule has 0 bridgehead atoms. The predicted molar refractivity (Wildman–Crippen MR) is 129 cm³/mol. The smallest absolute Gasteiger partial charge is 0.410 e. The van der Waals surface area contributed by atoms with Crippen LogP contribution >= 0.6 is 0 Å². The largest absolute Gasteiger partial charge is 0.491 e. The number of hydrogen-bond donors (Lipinski definition) is 1. The summed E-state index contributed by atoms with van der Waals surface area (Å²) >= 11 is 0. The Balaban J connectivity index is 1.40. The molecule has 3 amide bonds. The topological polar surface area (TPSA) is 112 Å². The Morgan fingerprint density at radius 2 is 1.83 bits per heavy atom. The van der Waals surface area contributed by atoms with E-state index in [-0.39, 0.29) is 30.5 Å². The fourth-order valence-corrected chi connectivity index (χ4v) is 4.81. The number of aromatic nitrogens is 2. The first-order valence-electron chi connectivity index (χ1n) is 12.2. The molecule has 35 heavy (non-hydrogen) atoms. The van der Waals surface area contributed by atoms with Crippen molar-refractivity contribution in [2.24, 2.45) is 13.0 Å². The van der Waals surface area contributed by atoms with Gasteiger partial charge in [-0.1, -0.05) is 6.07 Å². The van der Waals surface area contributed by atoms with E-state index in [9.17, 15) is 19.2 Å². The molecule has 2 aliphatic heterocycles. The van der Waals surface area contributed by atoms with Crippen molar-refractivity contribution in [1.82, 2.24) is 19.4 Å². The minimum absolute atomic E-state index is 0.197. The summed E-state index contributed by atoms with van der Waals surface area (Å²) in [5.74, 6) is 0.240. The molecule has 0 saturated carbocycles. The van der Waals surface area contributed by atoms with Gasteiger partial charge in [-0.3, -0.25) is 24.0 Å². The van der Waals surface area contributed by atoms with Gasteiger partial charge >= 0.3 is 11.8 Å². The molecule has 10 heteroatoms. The highest BCUT2D eigenvalue weighted by Crippen LogP contribution is 2.29. The van der Waals surface area contributed by atoms with Gasteiger partial charge in [0, 0.05) is 26.6 Å². The van der Waals surface area contributed by atoms with Gasteiger partial charge < -0.3 is 14.4 Å². The van der Waals surface area contributed by atoms with Crippen LogP contribution in [0.2, 0.25) is 0 Å². The first kappa shape index (κ1) is 24.8. The molecule has 1 N–H and O–H groups in total. The molecule has 4 rings (SSSR count). The van der Waals surface area contributed by atoms with Gasteiger partial charge in [0.15, 0.2) is 0 Å². The Morgan fingerprint density at radius 1 is 1.11 bits per heavy atom. The van der Waals surface area contributed by atoms with Crippen LogP contribution in [0.1, 0.15) is 58.9 Å². The van der Waals surface area contributed by atoms with Crippen LogP contribution in [0, 0.1) is 5.92 Å². The number of aryl methyl sites for hydroxylation is 1. The van der Waals surface area contributed by atoms with Crippen LogP contribution in [0.3, 0.4) is 0 Å². The van der Waals surface area contributed by atoms with Crippen molar-refractivity contribution in [2.75, 3.05) is 19.7 Å². The molecular formula is C25H34N4O6. The number of para-hydroxylation sites is 1. The zero-order chi connectivity index (χ0) is 25.3. The molecule has 0 aliphatic carbocycles. The highest BCUT2D eigenvalue weighted by molar-refractivity contribution is 6.00. The molecule has 2 fully saturated rings. The van der Waals surface area contributed by atoms with Crippen LogP contribution in [0.15, 0.2) is 23.0 Å². The molecule has 3 heterocycles. The van der Waals surface area contributed by atoms with Crippen LogP contribution in [-0.4, -0.2) is 57.2 Å². The normalized spacial score (nSPS) is 19.7. The van der Waals surface area contributed by atoms with Crippen molar-refractivity contribution in [3.63, 3.8) is 0 Å². The Morgan fingerprint density at radius 3 is 2.49 bits per heavy atom. The number of fused-ring (bicyclic) bond motifs is 1. The van der Waals surface area contributed by atoms with E-state index in [4.69, 9.17) is 9.47 Å². The summed E-state index contributed by atoms with van der Waals surface area (Å²) in [6, 6.07) is 4.69. The highest BCUT2D eigenvalue weighted by atomic mass is 16.6. The number of imidazole rings is 1. The first-order valence-corrected chi connectivity index (χ1v) is 12.2. The molecule has 1 unspecified atom stereocenters. The van der Waals surface area contributed by atoms with Gasteiger partial charge in [-0.15, -0.1) is 0 Å². The molecule has 2 aromatic rings. The van der Waals surface area contributed by atoms with Crippen LogP contribution in [0.4, 0.5) is 4.79 Å². The van der Waals surface area contributed by atoms with Gasteiger partial charge in [0.2, 0.25) is 11.8 Å². The van der Waals surface area contributed by atoms with E-state index >= 15 is 0 Å². The number of rotatable bonds is 5. The fourth-order valence-electron chi connectivity index (χ4n) is 4.81.